The summed E-state index contributed by atoms with van der Waals surface area (Å²) in [5, 5.41) is 8.68. The molecule has 112 valence electrons. The Morgan fingerprint density at radius 1 is 1.40 bits per heavy atom. The largest absolute Gasteiger partial charge is 0.480 e. The maximum Gasteiger partial charge on any atom is 0.416 e. The van der Waals surface area contributed by atoms with Gasteiger partial charge in [-0.25, -0.2) is 8.42 Å². The third kappa shape index (κ3) is 3.92. The average molecular weight is 312 g/mol. The smallest absolute Gasteiger partial charge is 0.416 e. The lowest BCUT2D eigenvalue weighted by Gasteiger charge is -2.14. The van der Waals surface area contributed by atoms with Gasteiger partial charge in [-0.3, -0.25) is 4.79 Å². The molecule has 0 aliphatic rings. The van der Waals surface area contributed by atoms with Gasteiger partial charge in [-0.2, -0.15) is 17.9 Å². The molecule has 0 fully saturated rings. The first-order chi connectivity index (χ1) is 9.08. The highest BCUT2D eigenvalue weighted by Crippen LogP contribution is 2.30. The monoisotopic (exact) mass is 312 g/mol. The maximum atomic E-state index is 12.5. The van der Waals surface area contributed by atoms with Gasteiger partial charge in [-0.1, -0.05) is 6.07 Å². The quantitative estimate of drug-likeness (QED) is 0.729. The average Bonchev–Trinajstić information content (AvgIpc) is 2.35. The van der Waals surface area contributed by atoms with Crippen LogP contribution < -0.4 is 10.5 Å². The molecule has 0 aliphatic heterocycles. The fourth-order valence-corrected chi connectivity index (χ4v) is 2.54. The fraction of sp³-hybridized carbons (Fsp3) is 0.300. The van der Waals surface area contributed by atoms with Crippen LogP contribution in [-0.4, -0.2) is 32.1 Å². The van der Waals surface area contributed by atoms with Crippen molar-refractivity contribution in [1.82, 2.24) is 4.72 Å². The molecule has 10 heteroatoms. The Bertz CT molecular complexity index is 601. The minimum atomic E-state index is -4.70. The van der Waals surface area contributed by atoms with Crippen LogP contribution in [0.4, 0.5) is 13.2 Å². The van der Waals surface area contributed by atoms with E-state index in [9.17, 15) is 26.4 Å². The second-order valence-corrected chi connectivity index (χ2v) is 5.49. The Kier molecular flexibility index (Phi) is 4.73. The van der Waals surface area contributed by atoms with Crippen molar-refractivity contribution >= 4 is 16.0 Å². The summed E-state index contributed by atoms with van der Waals surface area (Å²) in [7, 11) is -4.41. The number of carboxylic acids is 1. The molecule has 0 saturated heterocycles. The lowest BCUT2D eigenvalue weighted by atomic mass is 10.2. The van der Waals surface area contributed by atoms with Gasteiger partial charge < -0.3 is 10.8 Å². The summed E-state index contributed by atoms with van der Waals surface area (Å²) in [5.41, 5.74) is 3.92. The number of hydrogen-bond donors (Lipinski definition) is 3. The molecule has 0 bridgehead atoms. The van der Waals surface area contributed by atoms with Crippen molar-refractivity contribution in [2.75, 3.05) is 6.54 Å². The molecule has 0 spiro atoms. The zero-order valence-electron chi connectivity index (χ0n) is 9.89. The number of halogens is 3. The Hall–Kier alpha value is -1.65. The Morgan fingerprint density at radius 3 is 2.45 bits per heavy atom. The summed E-state index contributed by atoms with van der Waals surface area (Å²) in [6.07, 6.45) is -4.70. The molecule has 1 atom stereocenters. The van der Waals surface area contributed by atoms with Crippen LogP contribution in [0.15, 0.2) is 29.2 Å². The highest BCUT2D eigenvalue weighted by Gasteiger charge is 2.32. The number of nitrogens with one attached hydrogen (secondary N) is 1. The molecule has 1 rings (SSSR count). The molecule has 1 aromatic carbocycles. The Morgan fingerprint density at radius 2 is 2.00 bits per heavy atom. The van der Waals surface area contributed by atoms with Crippen LogP contribution in [0.5, 0.6) is 0 Å². The molecular formula is C10H11F3N2O4S. The first kappa shape index (κ1) is 16.4. The van der Waals surface area contributed by atoms with E-state index in [4.69, 9.17) is 10.8 Å². The minimum Gasteiger partial charge on any atom is -0.480 e. The predicted octanol–water partition coefficient (Wildman–Crippen LogP) is 0.396. The number of alkyl halides is 3. The molecule has 20 heavy (non-hydrogen) atoms. The molecule has 0 aromatic heterocycles. The van der Waals surface area contributed by atoms with E-state index in [0.717, 1.165) is 12.1 Å². The summed E-state index contributed by atoms with van der Waals surface area (Å²) in [6, 6.07) is 1.34. The van der Waals surface area contributed by atoms with Crippen molar-refractivity contribution in [1.29, 1.82) is 0 Å². The number of carbonyl (C=O) groups is 1. The summed E-state index contributed by atoms with van der Waals surface area (Å²) in [6.45, 7) is -0.534. The summed E-state index contributed by atoms with van der Waals surface area (Å²) in [5.74, 6) is -1.52. The lowest BCUT2D eigenvalue weighted by Crippen LogP contribution is -2.45. The van der Waals surface area contributed by atoms with E-state index in [1.807, 2.05) is 0 Å². The SMILES string of the molecule is NCC(NS(=O)(=O)c1cccc(C(F)(F)F)c1)C(=O)O. The number of carboxylic acid groups (broad SMARTS) is 1. The predicted molar refractivity (Wildman–Crippen MR) is 62.2 cm³/mol. The second-order valence-electron chi connectivity index (χ2n) is 3.77. The van der Waals surface area contributed by atoms with Crippen LogP contribution in [0.2, 0.25) is 0 Å². The van der Waals surface area contributed by atoms with E-state index in [1.165, 1.54) is 0 Å². The fourth-order valence-electron chi connectivity index (χ4n) is 1.29. The van der Waals surface area contributed by atoms with Gasteiger partial charge in [0.2, 0.25) is 10.0 Å². The number of aliphatic carboxylic acids is 1. The van der Waals surface area contributed by atoms with Gasteiger partial charge in [0.15, 0.2) is 0 Å². The van der Waals surface area contributed by atoms with Crippen LogP contribution in [0.25, 0.3) is 0 Å². The highest BCUT2D eigenvalue weighted by molar-refractivity contribution is 7.89. The van der Waals surface area contributed by atoms with Crippen LogP contribution in [-0.2, 0) is 21.0 Å². The number of nitrogens with two attached hydrogens (primary N) is 1. The second kappa shape index (κ2) is 5.77. The zero-order valence-corrected chi connectivity index (χ0v) is 10.7. The molecule has 0 amide bonds. The Labute approximate surface area is 112 Å². The number of sulfonamides is 1. The Balaban J connectivity index is 3.13. The van der Waals surface area contributed by atoms with Gasteiger partial charge in [0.1, 0.15) is 6.04 Å². The van der Waals surface area contributed by atoms with Gasteiger partial charge in [0.05, 0.1) is 10.5 Å². The van der Waals surface area contributed by atoms with Crippen LogP contribution in [0.3, 0.4) is 0 Å². The molecule has 0 saturated carbocycles. The highest BCUT2D eigenvalue weighted by atomic mass is 32.2. The molecule has 6 nitrogen and oxygen atoms in total. The van der Waals surface area contributed by atoms with E-state index in [-0.39, 0.29) is 0 Å². The maximum absolute atomic E-state index is 12.5. The minimum absolute atomic E-state index is 0.414. The number of benzene rings is 1. The topological polar surface area (TPSA) is 109 Å². The van der Waals surface area contributed by atoms with E-state index < -0.39 is 45.2 Å². The van der Waals surface area contributed by atoms with Crippen LogP contribution in [0, 0.1) is 0 Å². The molecule has 4 N–H and O–H groups in total. The molecular weight excluding hydrogens is 301 g/mol. The molecule has 1 unspecified atom stereocenters. The van der Waals surface area contributed by atoms with Gasteiger partial charge >= 0.3 is 12.1 Å². The van der Waals surface area contributed by atoms with Crippen molar-refractivity contribution in [2.45, 2.75) is 17.1 Å². The van der Waals surface area contributed by atoms with Crippen molar-refractivity contribution in [2.24, 2.45) is 5.73 Å². The molecule has 0 radical (unpaired) electrons. The summed E-state index contributed by atoms with van der Waals surface area (Å²) in [4.78, 5) is 9.99. The van der Waals surface area contributed by atoms with Gasteiger partial charge in [-0.05, 0) is 18.2 Å². The van der Waals surface area contributed by atoms with Gasteiger partial charge in [0, 0.05) is 6.54 Å². The van der Waals surface area contributed by atoms with Crippen molar-refractivity contribution in [3.63, 3.8) is 0 Å². The third-order valence-electron chi connectivity index (χ3n) is 2.30. The van der Waals surface area contributed by atoms with Crippen LogP contribution in [0.1, 0.15) is 5.56 Å². The van der Waals surface area contributed by atoms with Crippen LogP contribution >= 0.6 is 0 Å². The molecule has 0 aliphatic carbocycles. The molecule has 1 aromatic rings. The van der Waals surface area contributed by atoms with Gasteiger partial charge in [-0.15, -0.1) is 0 Å². The van der Waals surface area contributed by atoms with E-state index in [0.29, 0.717) is 12.1 Å². The van der Waals surface area contributed by atoms with Crippen molar-refractivity contribution in [3.05, 3.63) is 29.8 Å². The number of hydrogen-bond acceptors (Lipinski definition) is 4. The number of rotatable bonds is 5. The lowest BCUT2D eigenvalue weighted by molar-refractivity contribution is -0.139. The normalized spacial score (nSPS) is 14.0. The van der Waals surface area contributed by atoms with Gasteiger partial charge in [0.25, 0.3) is 0 Å². The zero-order chi connectivity index (χ0) is 15.6. The standard InChI is InChI=1S/C10H11F3N2O4S/c11-10(12,13)6-2-1-3-7(4-6)20(18,19)15-8(5-14)9(16)17/h1-4,8,15H,5,14H2,(H,16,17). The molecule has 0 heterocycles. The van der Waals surface area contributed by atoms with Crippen molar-refractivity contribution < 1.29 is 31.5 Å². The van der Waals surface area contributed by atoms with E-state index >= 15 is 0 Å². The summed E-state index contributed by atoms with van der Waals surface area (Å²) >= 11 is 0. The first-order valence-electron chi connectivity index (χ1n) is 5.20. The first-order valence-corrected chi connectivity index (χ1v) is 6.68. The third-order valence-corrected chi connectivity index (χ3v) is 3.77. The van der Waals surface area contributed by atoms with Crippen molar-refractivity contribution in [3.8, 4) is 0 Å². The van der Waals surface area contributed by atoms with E-state index in [2.05, 4.69) is 0 Å². The van der Waals surface area contributed by atoms with E-state index in [1.54, 1.807) is 4.72 Å². The summed E-state index contributed by atoms with van der Waals surface area (Å²) < 4.78 is 62.7.